The van der Waals surface area contributed by atoms with Gasteiger partial charge < -0.3 is 11.1 Å². The van der Waals surface area contributed by atoms with Crippen molar-refractivity contribution in [3.05, 3.63) is 23.8 Å². The number of nitrogens with zero attached hydrogens (tertiary/aromatic N) is 1. The molecule has 3 N–H and O–H groups in total. The van der Waals surface area contributed by atoms with E-state index in [-0.39, 0.29) is 11.9 Å². The number of aryl methyl sites for hydroxylation is 1. The lowest BCUT2D eigenvalue weighted by Gasteiger charge is -2.35. The van der Waals surface area contributed by atoms with Gasteiger partial charge in [0.2, 0.25) is 5.91 Å². The molecule has 0 radical (unpaired) electrons. The molecule has 0 saturated carbocycles. The fraction of sp³-hybridized carbons (Fsp3) is 0.588. The summed E-state index contributed by atoms with van der Waals surface area (Å²) in [5.74, 6) is 0.881. The second-order valence-corrected chi connectivity index (χ2v) is 6.13. The molecule has 1 amide bonds. The number of rotatable bonds is 4. The van der Waals surface area contributed by atoms with E-state index in [4.69, 9.17) is 5.73 Å². The molecule has 1 aromatic rings. The number of anilines is 2. The first-order valence-corrected chi connectivity index (χ1v) is 7.92. The van der Waals surface area contributed by atoms with Crippen LogP contribution < -0.4 is 11.1 Å². The quantitative estimate of drug-likeness (QED) is 0.838. The largest absolute Gasteiger partial charge is 0.399 e. The number of hydrogen-bond acceptors (Lipinski definition) is 3. The van der Waals surface area contributed by atoms with Gasteiger partial charge in [-0.1, -0.05) is 19.4 Å². The molecule has 1 aliphatic heterocycles. The number of piperidine rings is 1. The number of hydrogen-bond donors (Lipinski definition) is 2. The SMILES string of the molecule is CCC1CCN(C(C)C(=O)Nc2cc(N)ccc2C)CC1. The third-order valence-corrected chi connectivity index (χ3v) is 4.67. The second kappa shape index (κ2) is 6.94. The topological polar surface area (TPSA) is 58.4 Å². The molecule has 1 atom stereocenters. The Bertz CT molecular complexity index is 493. The van der Waals surface area contributed by atoms with Gasteiger partial charge in [-0.15, -0.1) is 0 Å². The maximum Gasteiger partial charge on any atom is 0.241 e. The van der Waals surface area contributed by atoms with Crippen LogP contribution in [-0.4, -0.2) is 29.9 Å². The van der Waals surface area contributed by atoms with Crippen LogP contribution in [-0.2, 0) is 4.79 Å². The summed E-state index contributed by atoms with van der Waals surface area (Å²) in [6.07, 6.45) is 3.65. The highest BCUT2D eigenvalue weighted by atomic mass is 16.2. The van der Waals surface area contributed by atoms with Crippen LogP contribution in [0.5, 0.6) is 0 Å². The minimum absolute atomic E-state index is 0.0543. The van der Waals surface area contributed by atoms with E-state index < -0.39 is 0 Å². The molecule has 0 bridgehead atoms. The zero-order chi connectivity index (χ0) is 15.4. The standard InChI is InChI=1S/C17H27N3O/c1-4-14-7-9-20(10-8-14)13(3)17(21)19-16-11-15(18)6-5-12(16)2/h5-6,11,13-14H,4,7-10,18H2,1-3H3,(H,19,21). The number of amides is 1. The molecule has 2 rings (SSSR count). The van der Waals surface area contributed by atoms with Gasteiger partial charge in [0.25, 0.3) is 0 Å². The van der Waals surface area contributed by atoms with Gasteiger partial charge in [-0.3, -0.25) is 9.69 Å². The third-order valence-electron chi connectivity index (χ3n) is 4.67. The first-order valence-electron chi connectivity index (χ1n) is 7.92. The van der Waals surface area contributed by atoms with Gasteiger partial charge in [-0.25, -0.2) is 0 Å². The van der Waals surface area contributed by atoms with E-state index in [9.17, 15) is 4.79 Å². The highest BCUT2D eigenvalue weighted by Crippen LogP contribution is 2.23. The molecule has 21 heavy (non-hydrogen) atoms. The molecule has 1 fully saturated rings. The van der Waals surface area contributed by atoms with Crippen molar-refractivity contribution in [3.8, 4) is 0 Å². The van der Waals surface area contributed by atoms with Crippen molar-refractivity contribution in [1.82, 2.24) is 4.90 Å². The van der Waals surface area contributed by atoms with Crippen molar-refractivity contribution in [2.45, 2.75) is 46.1 Å². The van der Waals surface area contributed by atoms with Crippen LogP contribution in [0, 0.1) is 12.8 Å². The molecular weight excluding hydrogens is 262 g/mol. The van der Waals surface area contributed by atoms with E-state index in [1.807, 2.05) is 32.0 Å². The predicted octanol–water partition coefficient (Wildman–Crippen LogP) is 3.03. The molecule has 0 aliphatic carbocycles. The first-order chi connectivity index (χ1) is 10.0. The van der Waals surface area contributed by atoms with E-state index in [2.05, 4.69) is 17.1 Å². The van der Waals surface area contributed by atoms with Gasteiger partial charge in [0, 0.05) is 11.4 Å². The van der Waals surface area contributed by atoms with Gasteiger partial charge >= 0.3 is 0 Å². The zero-order valence-electron chi connectivity index (χ0n) is 13.4. The van der Waals surface area contributed by atoms with Crippen molar-refractivity contribution in [2.75, 3.05) is 24.1 Å². The molecule has 1 aromatic carbocycles. The molecule has 0 aromatic heterocycles. The van der Waals surface area contributed by atoms with E-state index in [1.54, 1.807) is 0 Å². The molecule has 1 unspecified atom stereocenters. The van der Waals surface area contributed by atoms with Gasteiger partial charge in [-0.2, -0.15) is 0 Å². The molecule has 4 heteroatoms. The lowest BCUT2D eigenvalue weighted by atomic mass is 9.93. The molecule has 1 saturated heterocycles. The Kier molecular flexibility index (Phi) is 5.23. The van der Waals surface area contributed by atoms with Crippen molar-refractivity contribution in [1.29, 1.82) is 0 Å². The van der Waals surface area contributed by atoms with Crippen molar-refractivity contribution < 1.29 is 4.79 Å². The van der Waals surface area contributed by atoms with Crippen LogP contribution in [0.15, 0.2) is 18.2 Å². The van der Waals surface area contributed by atoms with Crippen LogP contribution in [0.25, 0.3) is 0 Å². The fourth-order valence-electron chi connectivity index (χ4n) is 2.93. The summed E-state index contributed by atoms with van der Waals surface area (Å²) in [6.45, 7) is 8.25. The van der Waals surface area contributed by atoms with Crippen LogP contribution in [0.1, 0.15) is 38.7 Å². The van der Waals surface area contributed by atoms with Gasteiger partial charge in [0.05, 0.1) is 6.04 Å². The molecule has 0 spiro atoms. The van der Waals surface area contributed by atoms with E-state index in [0.717, 1.165) is 30.3 Å². The highest BCUT2D eigenvalue weighted by molar-refractivity contribution is 5.95. The predicted molar refractivity (Wildman–Crippen MR) is 88.3 cm³/mol. The number of nitrogen functional groups attached to an aromatic ring is 1. The van der Waals surface area contributed by atoms with E-state index in [0.29, 0.717) is 5.69 Å². The van der Waals surface area contributed by atoms with E-state index in [1.165, 1.54) is 19.3 Å². The van der Waals surface area contributed by atoms with Gasteiger partial charge in [0.15, 0.2) is 0 Å². The lowest BCUT2D eigenvalue weighted by Crippen LogP contribution is -2.46. The summed E-state index contributed by atoms with van der Waals surface area (Å²) in [7, 11) is 0. The summed E-state index contributed by atoms with van der Waals surface area (Å²) in [5.41, 5.74) is 8.32. The van der Waals surface area contributed by atoms with Crippen LogP contribution in [0.4, 0.5) is 11.4 Å². The van der Waals surface area contributed by atoms with Crippen molar-refractivity contribution in [3.63, 3.8) is 0 Å². The number of carbonyl (C=O) groups is 1. The van der Waals surface area contributed by atoms with E-state index >= 15 is 0 Å². The normalized spacial score (nSPS) is 18.4. The summed E-state index contributed by atoms with van der Waals surface area (Å²) < 4.78 is 0. The van der Waals surface area contributed by atoms with Crippen LogP contribution >= 0.6 is 0 Å². The maximum absolute atomic E-state index is 12.4. The Hall–Kier alpha value is -1.55. The zero-order valence-corrected chi connectivity index (χ0v) is 13.4. The lowest BCUT2D eigenvalue weighted by molar-refractivity contribution is -0.121. The minimum Gasteiger partial charge on any atom is -0.399 e. The van der Waals surface area contributed by atoms with Crippen LogP contribution in [0.2, 0.25) is 0 Å². The highest BCUT2D eigenvalue weighted by Gasteiger charge is 2.26. The Morgan fingerprint density at radius 2 is 2.10 bits per heavy atom. The number of carbonyl (C=O) groups excluding carboxylic acids is 1. The number of benzene rings is 1. The Morgan fingerprint density at radius 1 is 1.43 bits per heavy atom. The summed E-state index contributed by atoms with van der Waals surface area (Å²) in [5, 5.41) is 3.01. The second-order valence-electron chi connectivity index (χ2n) is 6.13. The van der Waals surface area contributed by atoms with Crippen molar-refractivity contribution in [2.24, 2.45) is 5.92 Å². The van der Waals surface area contributed by atoms with Gasteiger partial charge in [-0.05, 0) is 63.4 Å². The summed E-state index contributed by atoms with van der Waals surface area (Å²) in [6, 6.07) is 5.51. The maximum atomic E-state index is 12.4. The average Bonchev–Trinajstić information content (AvgIpc) is 2.50. The molecular formula is C17H27N3O. The Labute approximate surface area is 127 Å². The molecule has 1 heterocycles. The first kappa shape index (κ1) is 15.8. The third kappa shape index (κ3) is 3.97. The summed E-state index contributed by atoms with van der Waals surface area (Å²) in [4.78, 5) is 14.7. The monoisotopic (exact) mass is 289 g/mol. The van der Waals surface area contributed by atoms with Gasteiger partial charge in [0.1, 0.15) is 0 Å². The number of likely N-dealkylation sites (tertiary alicyclic amines) is 1. The summed E-state index contributed by atoms with van der Waals surface area (Å²) >= 11 is 0. The Morgan fingerprint density at radius 3 is 2.71 bits per heavy atom. The number of nitrogens with two attached hydrogens (primary N) is 1. The fourth-order valence-corrected chi connectivity index (χ4v) is 2.93. The smallest absolute Gasteiger partial charge is 0.241 e. The van der Waals surface area contributed by atoms with Crippen molar-refractivity contribution >= 4 is 17.3 Å². The van der Waals surface area contributed by atoms with Crippen LogP contribution in [0.3, 0.4) is 0 Å². The number of nitrogens with one attached hydrogen (secondary N) is 1. The molecule has 4 nitrogen and oxygen atoms in total. The minimum atomic E-state index is -0.0939. The Balaban J connectivity index is 1.95. The average molecular weight is 289 g/mol. The molecule has 116 valence electrons. The molecule has 1 aliphatic rings.